The molecule has 1 aliphatic heterocycles. The van der Waals surface area contributed by atoms with Crippen molar-refractivity contribution in [2.45, 2.75) is 4.90 Å². The number of hydrogen-bond acceptors (Lipinski definition) is 6. The van der Waals surface area contributed by atoms with Crippen LogP contribution in [0.2, 0.25) is 0 Å². The molecule has 1 aliphatic rings. The zero-order chi connectivity index (χ0) is 23.5. The zero-order valence-electron chi connectivity index (χ0n) is 18.1. The fraction of sp³-hybridized carbons (Fsp3) is 0.350. The molecule has 10 nitrogen and oxygen atoms in total. The van der Waals surface area contributed by atoms with Crippen molar-refractivity contribution >= 4 is 31.8 Å². The van der Waals surface area contributed by atoms with E-state index >= 15 is 0 Å². The fourth-order valence-corrected chi connectivity index (χ4v) is 5.47. The standard InChI is InChI=1S/C20H26N4O6S2/c1-22(2)32(28,29)24-13-11-23(12-14-24)20(25)16-7-6-8-17(15-16)31(26,27)21-18-9-4-5-10-19(18)30-3/h4-10,15,21H,11-14H2,1-3H3. The number of benzene rings is 2. The molecule has 3 rings (SSSR count). The van der Waals surface area contributed by atoms with Gasteiger partial charge in [-0.05, 0) is 30.3 Å². The smallest absolute Gasteiger partial charge is 0.281 e. The highest BCUT2D eigenvalue weighted by atomic mass is 32.2. The van der Waals surface area contributed by atoms with Crippen LogP contribution >= 0.6 is 0 Å². The number of methoxy groups -OCH3 is 1. The van der Waals surface area contributed by atoms with Crippen LogP contribution in [0.1, 0.15) is 10.4 Å². The van der Waals surface area contributed by atoms with E-state index in [1.807, 2.05) is 0 Å². The Morgan fingerprint density at radius 3 is 2.25 bits per heavy atom. The molecular formula is C20H26N4O6S2. The fourth-order valence-electron chi connectivity index (χ4n) is 3.26. The Kier molecular flexibility index (Phi) is 7.08. The summed E-state index contributed by atoms with van der Waals surface area (Å²) in [6, 6.07) is 12.3. The van der Waals surface area contributed by atoms with E-state index in [9.17, 15) is 21.6 Å². The monoisotopic (exact) mass is 482 g/mol. The Labute approximate surface area is 188 Å². The second kappa shape index (κ2) is 9.45. The summed E-state index contributed by atoms with van der Waals surface area (Å²) in [4.78, 5) is 14.4. The van der Waals surface area contributed by atoms with Crippen LogP contribution in [-0.2, 0) is 20.2 Å². The molecule has 0 atom stereocenters. The number of anilines is 1. The Morgan fingerprint density at radius 2 is 1.62 bits per heavy atom. The summed E-state index contributed by atoms with van der Waals surface area (Å²) in [5.41, 5.74) is 0.488. The van der Waals surface area contributed by atoms with Gasteiger partial charge in [0.25, 0.3) is 26.1 Å². The third-order valence-corrected chi connectivity index (χ3v) is 8.36. The number of sulfonamides is 1. The molecule has 32 heavy (non-hydrogen) atoms. The van der Waals surface area contributed by atoms with Gasteiger partial charge in [0.2, 0.25) is 0 Å². The molecular weight excluding hydrogens is 456 g/mol. The van der Waals surface area contributed by atoms with E-state index < -0.39 is 20.2 Å². The van der Waals surface area contributed by atoms with Gasteiger partial charge in [-0.1, -0.05) is 18.2 Å². The molecule has 2 aromatic rings. The minimum Gasteiger partial charge on any atom is -0.495 e. The van der Waals surface area contributed by atoms with Crippen LogP contribution in [-0.4, -0.2) is 83.6 Å². The third-order valence-electron chi connectivity index (χ3n) is 5.06. The van der Waals surface area contributed by atoms with E-state index in [0.717, 1.165) is 4.31 Å². The minimum atomic E-state index is -3.96. The van der Waals surface area contributed by atoms with E-state index in [0.29, 0.717) is 5.75 Å². The molecule has 0 bridgehead atoms. The van der Waals surface area contributed by atoms with Gasteiger partial charge in [0.1, 0.15) is 5.75 Å². The number of piperazine rings is 1. The van der Waals surface area contributed by atoms with Gasteiger partial charge in [0, 0.05) is 45.8 Å². The molecule has 1 heterocycles. The Hall–Kier alpha value is -2.67. The lowest BCUT2D eigenvalue weighted by molar-refractivity contribution is 0.0695. The molecule has 1 saturated heterocycles. The van der Waals surface area contributed by atoms with Gasteiger partial charge >= 0.3 is 0 Å². The number of hydrogen-bond donors (Lipinski definition) is 1. The van der Waals surface area contributed by atoms with E-state index in [4.69, 9.17) is 4.74 Å². The van der Waals surface area contributed by atoms with Crippen LogP contribution in [0.15, 0.2) is 53.4 Å². The number of carbonyl (C=O) groups excluding carboxylic acids is 1. The Balaban J connectivity index is 1.75. The molecule has 0 aromatic heterocycles. The molecule has 174 valence electrons. The van der Waals surface area contributed by atoms with Gasteiger partial charge in [-0.15, -0.1) is 0 Å². The van der Waals surface area contributed by atoms with E-state index in [-0.39, 0.29) is 48.2 Å². The van der Waals surface area contributed by atoms with Gasteiger partial charge in [0.05, 0.1) is 17.7 Å². The summed E-state index contributed by atoms with van der Waals surface area (Å²) in [7, 11) is -3.16. The summed E-state index contributed by atoms with van der Waals surface area (Å²) in [5.74, 6) is 0.00935. The number of amides is 1. The summed E-state index contributed by atoms with van der Waals surface area (Å²) in [5, 5.41) is 0. The third kappa shape index (κ3) is 5.04. The second-order valence-electron chi connectivity index (χ2n) is 7.32. The van der Waals surface area contributed by atoms with Crippen LogP contribution in [0.5, 0.6) is 5.75 Å². The highest BCUT2D eigenvalue weighted by Crippen LogP contribution is 2.26. The first-order valence-electron chi connectivity index (χ1n) is 9.79. The number of ether oxygens (including phenoxy) is 1. The molecule has 1 N–H and O–H groups in total. The van der Waals surface area contributed by atoms with Crippen LogP contribution < -0.4 is 9.46 Å². The first-order valence-corrected chi connectivity index (χ1v) is 12.7. The van der Waals surface area contributed by atoms with Gasteiger partial charge in [0.15, 0.2) is 0 Å². The number of carbonyl (C=O) groups is 1. The molecule has 12 heteroatoms. The van der Waals surface area contributed by atoms with Gasteiger partial charge < -0.3 is 9.64 Å². The van der Waals surface area contributed by atoms with E-state index in [2.05, 4.69) is 4.72 Å². The molecule has 0 unspecified atom stereocenters. The van der Waals surface area contributed by atoms with Crippen LogP contribution in [0, 0.1) is 0 Å². The molecule has 0 radical (unpaired) electrons. The van der Waals surface area contributed by atoms with Crippen molar-refractivity contribution in [3.63, 3.8) is 0 Å². The molecule has 2 aromatic carbocycles. The van der Waals surface area contributed by atoms with Crippen molar-refractivity contribution in [1.29, 1.82) is 0 Å². The largest absolute Gasteiger partial charge is 0.495 e. The summed E-state index contributed by atoms with van der Waals surface area (Å²) in [6.07, 6.45) is 0. The number of rotatable bonds is 7. The van der Waals surface area contributed by atoms with Crippen LogP contribution in [0.25, 0.3) is 0 Å². The average molecular weight is 483 g/mol. The minimum absolute atomic E-state index is 0.0666. The lowest BCUT2D eigenvalue weighted by atomic mass is 10.2. The molecule has 1 amide bonds. The lowest BCUT2D eigenvalue weighted by Crippen LogP contribution is -2.53. The summed E-state index contributed by atoms with van der Waals surface area (Å²) < 4.78 is 60.3. The van der Waals surface area contributed by atoms with Gasteiger partial charge in [-0.3, -0.25) is 9.52 Å². The predicted octanol–water partition coefficient (Wildman–Crippen LogP) is 1.06. The van der Waals surface area contributed by atoms with E-state index in [1.165, 1.54) is 54.7 Å². The highest BCUT2D eigenvalue weighted by Gasteiger charge is 2.31. The predicted molar refractivity (Wildman–Crippen MR) is 120 cm³/mol. The second-order valence-corrected chi connectivity index (χ2v) is 11.1. The van der Waals surface area contributed by atoms with Gasteiger partial charge in [-0.2, -0.15) is 17.0 Å². The van der Waals surface area contributed by atoms with Crippen LogP contribution in [0.4, 0.5) is 5.69 Å². The molecule has 0 aliphatic carbocycles. The number of nitrogens with zero attached hydrogens (tertiary/aromatic N) is 3. The topological polar surface area (TPSA) is 116 Å². The molecule has 1 fully saturated rings. The summed E-state index contributed by atoms with van der Waals surface area (Å²) >= 11 is 0. The van der Waals surface area contributed by atoms with Crippen molar-refractivity contribution in [2.24, 2.45) is 0 Å². The quantitative estimate of drug-likeness (QED) is 0.631. The number of nitrogens with one attached hydrogen (secondary N) is 1. The van der Waals surface area contributed by atoms with Crippen molar-refractivity contribution < 1.29 is 26.4 Å². The van der Waals surface area contributed by atoms with Crippen molar-refractivity contribution in [2.75, 3.05) is 52.1 Å². The maximum Gasteiger partial charge on any atom is 0.281 e. The average Bonchev–Trinajstić information content (AvgIpc) is 2.78. The molecule has 0 saturated carbocycles. The first-order chi connectivity index (χ1) is 15.1. The van der Waals surface area contributed by atoms with Crippen molar-refractivity contribution in [1.82, 2.24) is 13.5 Å². The van der Waals surface area contributed by atoms with Crippen molar-refractivity contribution in [3.05, 3.63) is 54.1 Å². The molecule has 0 spiro atoms. The maximum atomic E-state index is 12.9. The number of para-hydroxylation sites is 2. The first kappa shape index (κ1) is 24.0. The summed E-state index contributed by atoms with van der Waals surface area (Å²) in [6.45, 7) is 0.754. The maximum absolute atomic E-state index is 12.9. The normalized spacial score (nSPS) is 15.6. The lowest BCUT2D eigenvalue weighted by Gasteiger charge is -2.35. The van der Waals surface area contributed by atoms with Crippen LogP contribution in [0.3, 0.4) is 0 Å². The Morgan fingerprint density at radius 1 is 0.969 bits per heavy atom. The van der Waals surface area contributed by atoms with Crippen molar-refractivity contribution in [3.8, 4) is 5.75 Å². The SMILES string of the molecule is COc1ccccc1NS(=O)(=O)c1cccc(C(=O)N2CCN(S(=O)(=O)N(C)C)CC2)c1. The van der Waals surface area contributed by atoms with Gasteiger partial charge in [-0.25, -0.2) is 8.42 Å². The van der Waals surface area contributed by atoms with E-state index in [1.54, 1.807) is 24.3 Å². The Bertz CT molecular complexity index is 1190. The highest BCUT2D eigenvalue weighted by molar-refractivity contribution is 7.92. The zero-order valence-corrected chi connectivity index (χ0v) is 19.7.